The van der Waals surface area contributed by atoms with Crippen LogP contribution in [0, 0.1) is 0 Å². The number of aliphatic hydroxyl groups is 1. The van der Waals surface area contributed by atoms with E-state index in [9.17, 15) is 4.79 Å². The van der Waals surface area contributed by atoms with Crippen molar-refractivity contribution in [3.63, 3.8) is 0 Å². The zero-order chi connectivity index (χ0) is 10.8. The molecule has 4 nitrogen and oxygen atoms in total. The van der Waals surface area contributed by atoms with Crippen LogP contribution in [0.25, 0.3) is 0 Å². The van der Waals surface area contributed by atoms with Crippen LogP contribution in [-0.4, -0.2) is 54.9 Å². The van der Waals surface area contributed by atoms with Crippen molar-refractivity contribution < 1.29 is 14.6 Å². The zero-order valence-electron chi connectivity index (χ0n) is 8.86. The number of hydrogen-bond donors (Lipinski definition) is 1. The van der Waals surface area contributed by atoms with Gasteiger partial charge in [0.05, 0.1) is 5.94 Å². The van der Waals surface area contributed by atoms with Crippen molar-refractivity contribution in [1.82, 2.24) is 4.90 Å². The third kappa shape index (κ3) is 9.98. The Balaban J connectivity index is 3.18. The van der Waals surface area contributed by atoms with Crippen molar-refractivity contribution >= 4 is 16.9 Å². The molecular weight excluding hydrogens is 202 g/mol. The summed E-state index contributed by atoms with van der Waals surface area (Å²) in [4.78, 5) is 13.2. The molecule has 0 radical (unpaired) electrons. The number of thioether (sulfide) groups is 1. The molecule has 0 aliphatic rings. The number of nitrogens with zero attached hydrogens (tertiary/aromatic N) is 1. The normalized spacial score (nSPS) is 10.9. The third-order valence-electron chi connectivity index (χ3n) is 1.51. The van der Waals surface area contributed by atoms with Crippen molar-refractivity contribution in [2.24, 2.45) is 0 Å². The lowest BCUT2D eigenvalue weighted by molar-refractivity contribution is -0.111. The van der Waals surface area contributed by atoms with E-state index in [2.05, 4.69) is 0 Å². The zero-order valence-corrected chi connectivity index (χ0v) is 9.68. The maximum absolute atomic E-state index is 11.2. The predicted molar refractivity (Wildman–Crippen MR) is 58.3 cm³/mol. The Morgan fingerprint density at radius 3 is 2.79 bits per heavy atom. The van der Waals surface area contributed by atoms with E-state index < -0.39 is 0 Å². The molecule has 84 valence electrons. The maximum atomic E-state index is 11.2. The molecule has 0 atom stereocenters. The number of hydrogen-bond acceptors (Lipinski definition) is 5. The average Bonchev–Trinajstić information content (AvgIpc) is 2.14. The van der Waals surface area contributed by atoms with Gasteiger partial charge in [-0.1, -0.05) is 11.8 Å². The molecule has 0 aromatic heterocycles. The Morgan fingerprint density at radius 2 is 2.21 bits per heavy atom. The highest BCUT2D eigenvalue weighted by atomic mass is 32.2. The van der Waals surface area contributed by atoms with Crippen LogP contribution in [0.15, 0.2) is 0 Å². The fourth-order valence-electron chi connectivity index (χ4n) is 0.720. The molecular formula is C9H19NO3S. The molecule has 14 heavy (non-hydrogen) atoms. The summed E-state index contributed by atoms with van der Waals surface area (Å²) in [6.07, 6.45) is 1.19. The second kappa shape index (κ2) is 9.45. The summed E-state index contributed by atoms with van der Waals surface area (Å²) in [5, 5.41) is 8.62. The predicted octanol–water partition coefficient (Wildman–Crippen LogP) is 0.554. The standard InChI is InChI=1S/C9H19NO3S/c1-10(2)5-4-9(12)14-8-13-7-3-6-11/h11H,3-8H2,1-2H3. The van der Waals surface area contributed by atoms with Gasteiger partial charge < -0.3 is 14.7 Å². The maximum Gasteiger partial charge on any atom is 0.192 e. The molecule has 0 aliphatic heterocycles. The van der Waals surface area contributed by atoms with E-state index in [1.165, 1.54) is 11.8 Å². The van der Waals surface area contributed by atoms with Gasteiger partial charge >= 0.3 is 0 Å². The van der Waals surface area contributed by atoms with Crippen molar-refractivity contribution in [2.75, 3.05) is 39.8 Å². The lowest BCUT2D eigenvalue weighted by Crippen LogP contribution is -2.15. The minimum atomic E-state index is 0.138. The number of carbonyl (C=O) groups is 1. The van der Waals surface area contributed by atoms with Crippen LogP contribution < -0.4 is 0 Å². The topological polar surface area (TPSA) is 49.8 Å². The Bertz CT molecular complexity index is 153. The molecule has 0 aliphatic carbocycles. The number of ether oxygens (including phenoxy) is 1. The van der Waals surface area contributed by atoms with Gasteiger partial charge in [0.2, 0.25) is 0 Å². The lowest BCUT2D eigenvalue weighted by Gasteiger charge is -2.07. The van der Waals surface area contributed by atoms with E-state index in [1.807, 2.05) is 19.0 Å². The van der Waals surface area contributed by atoms with Crippen LogP contribution in [0.2, 0.25) is 0 Å². The fourth-order valence-corrected chi connectivity index (χ4v) is 1.29. The van der Waals surface area contributed by atoms with Crippen molar-refractivity contribution in [3.05, 3.63) is 0 Å². The molecule has 0 fully saturated rings. The van der Waals surface area contributed by atoms with Crippen LogP contribution in [0.4, 0.5) is 0 Å². The van der Waals surface area contributed by atoms with Gasteiger partial charge in [0.25, 0.3) is 0 Å². The Kier molecular flexibility index (Phi) is 9.39. The van der Waals surface area contributed by atoms with Gasteiger partial charge in [-0.05, 0) is 20.5 Å². The van der Waals surface area contributed by atoms with Gasteiger partial charge in [0, 0.05) is 26.2 Å². The molecule has 0 unspecified atom stereocenters. The van der Waals surface area contributed by atoms with Gasteiger partial charge in [-0.3, -0.25) is 4.79 Å². The largest absolute Gasteiger partial charge is 0.396 e. The monoisotopic (exact) mass is 221 g/mol. The van der Waals surface area contributed by atoms with Crippen LogP contribution >= 0.6 is 11.8 Å². The third-order valence-corrected chi connectivity index (χ3v) is 2.32. The first-order valence-electron chi connectivity index (χ1n) is 4.65. The SMILES string of the molecule is CN(C)CCC(=O)SCOCCCO. The summed E-state index contributed by atoms with van der Waals surface area (Å²) in [7, 11) is 3.88. The molecule has 0 aromatic carbocycles. The Labute approximate surface area is 89.6 Å². The number of carbonyl (C=O) groups excluding carboxylic acids is 1. The van der Waals surface area contributed by atoms with Gasteiger partial charge in [0.15, 0.2) is 5.12 Å². The van der Waals surface area contributed by atoms with E-state index >= 15 is 0 Å². The smallest absolute Gasteiger partial charge is 0.192 e. The molecule has 0 aromatic rings. The minimum Gasteiger partial charge on any atom is -0.396 e. The summed E-state index contributed by atoms with van der Waals surface area (Å²) in [5.41, 5.74) is 0. The van der Waals surface area contributed by atoms with Gasteiger partial charge in [-0.15, -0.1) is 0 Å². The van der Waals surface area contributed by atoms with E-state index in [-0.39, 0.29) is 11.7 Å². The van der Waals surface area contributed by atoms with Crippen LogP contribution in [0.1, 0.15) is 12.8 Å². The number of aliphatic hydroxyl groups excluding tert-OH is 1. The summed E-state index contributed by atoms with van der Waals surface area (Å²) < 4.78 is 5.12. The van der Waals surface area contributed by atoms with E-state index in [0.717, 1.165) is 6.54 Å². The van der Waals surface area contributed by atoms with E-state index in [1.54, 1.807) is 0 Å². The molecule has 1 N–H and O–H groups in total. The summed E-state index contributed by atoms with van der Waals surface area (Å²) in [5.74, 6) is 0.395. The lowest BCUT2D eigenvalue weighted by atomic mass is 10.4. The Morgan fingerprint density at radius 1 is 1.50 bits per heavy atom. The van der Waals surface area contributed by atoms with Crippen LogP contribution in [-0.2, 0) is 9.53 Å². The molecule has 0 rings (SSSR count). The average molecular weight is 221 g/mol. The van der Waals surface area contributed by atoms with Crippen molar-refractivity contribution in [3.8, 4) is 0 Å². The second-order valence-electron chi connectivity index (χ2n) is 3.17. The van der Waals surface area contributed by atoms with Crippen molar-refractivity contribution in [2.45, 2.75) is 12.8 Å². The highest BCUT2D eigenvalue weighted by molar-refractivity contribution is 8.13. The summed E-state index contributed by atoms with van der Waals surface area (Å²) in [6, 6.07) is 0. The molecule has 0 spiro atoms. The quantitative estimate of drug-likeness (QED) is 0.479. The van der Waals surface area contributed by atoms with Crippen molar-refractivity contribution in [1.29, 1.82) is 0 Å². The molecule has 0 saturated carbocycles. The van der Waals surface area contributed by atoms with Gasteiger partial charge in [-0.25, -0.2) is 0 Å². The molecule has 0 amide bonds. The molecule has 0 saturated heterocycles. The minimum absolute atomic E-state index is 0.138. The van der Waals surface area contributed by atoms with E-state index in [0.29, 0.717) is 25.4 Å². The fraction of sp³-hybridized carbons (Fsp3) is 0.889. The first-order valence-corrected chi connectivity index (χ1v) is 5.64. The molecule has 5 heteroatoms. The van der Waals surface area contributed by atoms with Crippen LogP contribution in [0.3, 0.4) is 0 Å². The highest BCUT2D eigenvalue weighted by Crippen LogP contribution is 2.05. The highest BCUT2D eigenvalue weighted by Gasteiger charge is 2.02. The summed E-state index contributed by atoms with van der Waals surface area (Å²) >= 11 is 1.20. The van der Waals surface area contributed by atoms with Gasteiger partial charge in [0.1, 0.15) is 0 Å². The first-order chi connectivity index (χ1) is 6.66. The van der Waals surface area contributed by atoms with E-state index in [4.69, 9.17) is 9.84 Å². The summed E-state index contributed by atoms with van der Waals surface area (Å²) in [6.45, 7) is 1.44. The van der Waals surface area contributed by atoms with Gasteiger partial charge in [-0.2, -0.15) is 0 Å². The first kappa shape index (κ1) is 13.9. The van der Waals surface area contributed by atoms with Crippen LogP contribution in [0.5, 0.6) is 0 Å². The second-order valence-corrected chi connectivity index (χ2v) is 4.15. The Hall–Kier alpha value is -0.100. The molecule has 0 heterocycles. The molecule has 0 bridgehead atoms. The number of rotatable bonds is 8.